The van der Waals surface area contributed by atoms with Crippen LogP contribution in [0.25, 0.3) is 0 Å². The van der Waals surface area contributed by atoms with Crippen molar-refractivity contribution in [1.29, 1.82) is 0 Å². The molecule has 3 nitrogen and oxygen atoms in total. The predicted molar refractivity (Wildman–Crippen MR) is 63.4 cm³/mol. The van der Waals surface area contributed by atoms with Crippen LogP contribution in [0.15, 0.2) is 18.2 Å². The van der Waals surface area contributed by atoms with Crippen LogP contribution in [0.2, 0.25) is 5.02 Å². The highest BCUT2D eigenvalue weighted by atomic mass is 35.5. The fraction of sp³-hybridized carbons (Fsp3) is 0.417. The lowest BCUT2D eigenvalue weighted by molar-refractivity contribution is -0.0438. The van der Waals surface area contributed by atoms with Crippen molar-refractivity contribution in [2.45, 2.75) is 24.8 Å². The van der Waals surface area contributed by atoms with E-state index in [4.69, 9.17) is 17.3 Å². The molecule has 1 aromatic carbocycles. The molecule has 4 heteroatoms. The van der Waals surface area contributed by atoms with Crippen molar-refractivity contribution in [2.75, 3.05) is 5.73 Å². The number of carbonyl (C=O) groups is 1. The summed E-state index contributed by atoms with van der Waals surface area (Å²) in [6, 6.07) is 4.99. The third kappa shape index (κ3) is 1.39. The molecule has 0 saturated heterocycles. The molecule has 3 N–H and O–H groups in total. The van der Waals surface area contributed by atoms with Gasteiger partial charge in [-0.15, -0.1) is 0 Å². The standard InChI is InChI=1S/C12H13ClN2O/c13-10-3-8(14)1-2-9(10)11(16)15-12-4-7(5-12)6-12/h1-3,7H,4-6,14H2,(H,15,16). The zero-order valence-electron chi connectivity index (χ0n) is 8.79. The number of nitrogen functional groups attached to an aromatic ring is 1. The van der Waals surface area contributed by atoms with E-state index < -0.39 is 0 Å². The van der Waals surface area contributed by atoms with Crippen LogP contribution >= 0.6 is 11.6 Å². The van der Waals surface area contributed by atoms with Gasteiger partial charge in [0.05, 0.1) is 10.6 Å². The Morgan fingerprint density at radius 3 is 2.62 bits per heavy atom. The van der Waals surface area contributed by atoms with Crippen molar-refractivity contribution in [3.63, 3.8) is 0 Å². The molecule has 84 valence electrons. The minimum absolute atomic E-state index is 0.0804. The number of nitrogens with two attached hydrogens (primary N) is 1. The number of amides is 1. The minimum atomic E-state index is -0.0804. The molecule has 0 aliphatic heterocycles. The first-order valence-electron chi connectivity index (χ1n) is 5.46. The van der Waals surface area contributed by atoms with E-state index in [1.165, 1.54) is 0 Å². The van der Waals surface area contributed by atoms with Crippen LogP contribution in [0.4, 0.5) is 5.69 Å². The highest BCUT2D eigenvalue weighted by molar-refractivity contribution is 6.34. The van der Waals surface area contributed by atoms with Crippen molar-refractivity contribution in [3.8, 4) is 0 Å². The summed E-state index contributed by atoms with van der Waals surface area (Å²) in [5, 5.41) is 3.49. The van der Waals surface area contributed by atoms with E-state index in [1.807, 2.05) is 0 Å². The fourth-order valence-corrected chi connectivity index (χ4v) is 2.93. The van der Waals surface area contributed by atoms with Gasteiger partial charge in [0.1, 0.15) is 0 Å². The third-order valence-corrected chi connectivity index (χ3v) is 3.97. The van der Waals surface area contributed by atoms with Gasteiger partial charge in [0.25, 0.3) is 5.91 Å². The van der Waals surface area contributed by atoms with E-state index in [0.717, 1.165) is 25.2 Å². The zero-order chi connectivity index (χ0) is 11.3. The summed E-state index contributed by atoms with van der Waals surface area (Å²) in [6.07, 6.45) is 3.39. The van der Waals surface area contributed by atoms with Crippen molar-refractivity contribution >= 4 is 23.2 Å². The maximum atomic E-state index is 12.0. The van der Waals surface area contributed by atoms with E-state index in [1.54, 1.807) is 18.2 Å². The van der Waals surface area contributed by atoms with Crippen LogP contribution in [-0.4, -0.2) is 11.4 Å². The van der Waals surface area contributed by atoms with Crippen LogP contribution in [0, 0.1) is 5.92 Å². The van der Waals surface area contributed by atoms with Crippen molar-refractivity contribution < 1.29 is 4.79 Å². The van der Waals surface area contributed by atoms with Crippen LogP contribution < -0.4 is 11.1 Å². The number of hydrogen-bond donors (Lipinski definition) is 2. The van der Waals surface area contributed by atoms with Crippen LogP contribution in [0.5, 0.6) is 0 Å². The normalized spacial score (nSPS) is 30.2. The Labute approximate surface area is 99.0 Å². The van der Waals surface area contributed by atoms with Gasteiger partial charge in [0.15, 0.2) is 0 Å². The van der Waals surface area contributed by atoms with Gasteiger partial charge in [-0.3, -0.25) is 4.79 Å². The molecule has 0 atom stereocenters. The molecular weight excluding hydrogens is 224 g/mol. The number of hydrogen-bond acceptors (Lipinski definition) is 2. The summed E-state index contributed by atoms with van der Waals surface area (Å²) < 4.78 is 0. The molecule has 2 bridgehead atoms. The van der Waals surface area contributed by atoms with Gasteiger partial charge >= 0.3 is 0 Å². The second-order valence-corrected chi connectivity index (χ2v) is 5.36. The van der Waals surface area contributed by atoms with Crippen molar-refractivity contribution in [3.05, 3.63) is 28.8 Å². The number of rotatable bonds is 2. The maximum absolute atomic E-state index is 12.0. The Bertz CT molecular complexity index is 455. The lowest BCUT2D eigenvalue weighted by Gasteiger charge is -2.61. The fourth-order valence-electron chi connectivity index (χ4n) is 2.66. The molecule has 3 aliphatic carbocycles. The molecule has 16 heavy (non-hydrogen) atoms. The summed E-state index contributed by atoms with van der Waals surface area (Å²) in [5.74, 6) is 0.769. The van der Waals surface area contributed by atoms with Gasteiger partial charge in [-0.1, -0.05) is 11.6 Å². The van der Waals surface area contributed by atoms with E-state index in [-0.39, 0.29) is 11.4 Å². The van der Waals surface area contributed by atoms with Crippen molar-refractivity contribution in [2.24, 2.45) is 5.92 Å². The Hall–Kier alpha value is -1.22. The second kappa shape index (κ2) is 3.14. The number of benzene rings is 1. The molecule has 0 radical (unpaired) electrons. The maximum Gasteiger partial charge on any atom is 0.253 e. The van der Waals surface area contributed by atoms with E-state index in [2.05, 4.69) is 5.32 Å². The summed E-state index contributed by atoms with van der Waals surface area (Å²) in [7, 11) is 0. The average molecular weight is 237 g/mol. The van der Waals surface area contributed by atoms with Gasteiger partial charge in [0.2, 0.25) is 0 Å². The summed E-state index contributed by atoms with van der Waals surface area (Å²) >= 11 is 5.99. The van der Waals surface area contributed by atoms with Crippen LogP contribution in [0.1, 0.15) is 29.6 Å². The van der Waals surface area contributed by atoms with Gasteiger partial charge in [-0.25, -0.2) is 0 Å². The third-order valence-electron chi connectivity index (χ3n) is 3.65. The quantitative estimate of drug-likeness (QED) is 0.774. The Morgan fingerprint density at radius 1 is 1.44 bits per heavy atom. The van der Waals surface area contributed by atoms with Gasteiger partial charge in [-0.05, 0) is 43.4 Å². The minimum Gasteiger partial charge on any atom is -0.399 e. The topological polar surface area (TPSA) is 55.1 Å². The summed E-state index contributed by atoms with van der Waals surface area (Å²) in [6.45, 7) is 0. The molecule has 3 fully saturated rings. The zero-order valence-corrected chi connectivity index (χ0v) is 9.55. The lowest BCUT2D eigenvalue weighted by atomic mass is 9.50. The Balaban J connectivity index is 1.78. The highest BCUT2D eigenvalue weighted by Crippen LogP contribution is 2.57. The number of nitrogens with one attached hydrogen (secondary N) is 1. The van der Waals surface area contributed by atoms with Crippen LogP contribution in [-0.2, 0) is 0 Å². The molecule has 3 aliphatic rings. The second-order valence-electron chi connectivity index (χ2n) is 4.95. The molecule has 0 unspecified atom stereocenters. The first kappa shape index (κ1) is 9.97. The first-order valence-corrected chi connectivity index (χ1v) is 5.83. The molecule has 3 saturated carbocycles. The largest absolute Gasteiger partial charge is 0.399 e. The van der Waals surface area contributed by atoms with Crippen molar-refractivity contribution in [1.82, 2.24) is 5.32 Å². The summed E-state index contributed by atoms with van der Waals surface area (Å²) in [5.41, 5.74) is 6.76. The molecule has 0 heterocycles. The van der Waals surface area contributed by atoms with Gasteiger partial charge in [0, 0.05) is 11.2 Å². The average Bonchev–Trinajstić information content (AvgIpc) is 2.09. The number of halogens is 1. The monoisotopic (exact) mass is 236 g/mol. The first-order chi connectivity index (χ1) is 7.58. The van der Waals surface area contributed by atoms with Crippen LogP contribution in [0.3, 0.4) is 0 Å². The van der Waals surface area contributed by atoms with E-state index in [9.17, 15) is 4.79 Å². The molecule has 0 aromatic heterocycles. The van der Waals surface area contributed by atoms with Gasteiger partial charge < -0.3 is 11.1 Å². The van der Waals surface area contributed by atoms with E-state index in [0.29, 0.717) is 16.3 Å². The lowest BCUT2D eigenvalue weighted by Crippen LogP contribution is -2.68. The predicted octanol–water partition coefficient (Wildman–Crippen LogP) is 2.20. The highest BCUT2D eigenvalue weighted by Gasteiger charge is 2.57. The smallest absolute Gasteiger partial charge is 0.253 e. The number of carbonyl (C=O) groups excluding carboxylic acids is 1. The van der Waals surface area contributed by atoms with E-state index >= 15 is 0 Å². The number of anilines is 1. The molecule has 0 spiro atoms. The molecule has 1 aromatic rings. The van der Waals surface area contributed by atoms with Gasteiger partial charge in [-0.2, -0.15) is 0 Å². The molecular formula is C12H13ClN2O. The molecule has 1 amide bonds. The SMILES string of the molecule is Nc1ccc(C(=O)NC23CC(C2)C3)c(Cl)c1. The molecule has 4 rings (SSSR count). The Kier molecular flexibility index (Phi) is 1.96. The summed E-state index contributed by atoms with van der Waals surface area (Å²) in [4.78, 5) is 12.0. The Morgan fingerprint density at radius 2 is 2.12 bits per heavy atom.